The Balaban J connectivity index is 0.000000339. The van der Waals surface area contributed by atoms with E-state index < -0.39 is 12.1 Å². The number of carboxylic acids is 1. The van der Waals surface area contributed by atoms with E-state index in [-0.39, 0.29) is 24.2 Å². The Labute approximate surface area is 178 Å². The minimum absolute atomic E-state index is 0.0405. The van der Waals surface area contributed by atoms with Crippen LogP contribution in [0.5, 0.6) is 0 Å². The molecule has 31 heavy (non-hydrogen) atoms. The second kappa shape index (κ2) is 9.25. The molecule has 0 aromatic heterocycles. The lowest BCUT2D eigenvalue weighted by molar-refractivity contribution is -0.192. The van der Waals surface area contributed by atoms with E-state index in [1.165, 1.54) is 19.4 Å². The summed E-state index contributed by atoms with van der Waals surface area (Å²) in [5.41, 5.74) is 2.96. The molecule has 2 unspecified atom stereocenters. The van der Waals surface area contributed by atoms with Crippen LogP contribution in [-0.2, 0) is 14.4 Å². The molecule has 170 valence electrons. The molecule has 1 aromatic rings. The zero-order valence-corrected chi connectivity index (χ0v) is 17.2. The number of anilines is 1. The number of hydrogen-bond acceptors (Lipinski definition) is 4. The summed E-state index contributed by atoms with van der Waals surface area (Å²) in [4.78, 5) is 38.6. The fourth-order valence-electron chi connectivity index (χ4n) is 4.38. The average Bonchev–Trinajstić information content (AvgIpc) is 3.18. The topological polar surface area (TPSA) is 90.0 Å². The standard InChI is InChI=1S/C19H25N3O2.C2HF3O2/c1-13-5-6-17-15(10-13)16(19(24)20-17)11-18(23)22-9-3-8-21-7-2-4-14(21)12-22;3-2(4,5)1(6)7/h5-6,10,14,16H,2-4,7-9,11-12H2,1H3,(H,20,24);(H,6,7). The van der Waals surface area contributed by atoms with Gasteiger partial charge in [-0.1, -0.05) is 17.7 Å². The van der Waals surface area contributed by atoms with Crippen molar-refractivity contribution in [2.45, 2.75) is 50.7 Å². The Hall–Kier alpha value is -2.62. The van der Waals surface area contributed by atoms with Gasteiger partial charge in [0.25, 0.3) is 0 Å². The van der Waals surface area contributed by atoms with Crippen molar-refractivity contribution in [3.63, 3.8) is 0 Å². The molecule has 3 heterocycles. The van der Waals surface area contributed by atoms with E-state index in [1.807, 2.05) is 30.0 Å². The first-order valence-corrected chi connectivity index (χ1v) is 10.3. The van der Waals surface area contributed by atoms with Crippen LogP contribution >= 0.6 is 0 Å². The maximum absolute atomic E-state index is 12.9. The third kappa shape index (κ3) is 5.55. The monoisotopic (exact) mass is 441 g/mol. The number of alkyl halides is 3. The number of nitrogens with one attached hydrogen (secondary N) is 1. The first kappa shape index (κ1) is 23.1. The van der Waals surface area contributed by atoms with Gasteiger partial charge in [0.15, 0.2) is 0 Å². The summed E-state index contributed by atoms with van der Waals surface area (Å²) in [6, 6.07) is 6.48. The number of rotatable bonds is 2. The molecule has 0 aliphatic carbocycles. The van der Waals surface area contributed by atoms with E-state index in [4.69, 9.17) is 9.90 Å². The number of hydrogen-bond donors (Lipinski definition) is 2. The van der Waals surface area contributed by atoms with Gasteiger partial charge in [0.05, 0.1) is 5.92 Å². The summed E-state index contributed by atoms with van der Waals surface area (Å²) in [6.45, 7) is 5.94. The zero-order valence-electron chi connectivity index (χ0n) is 17.2. The van der Waals surface area contributed by atoms with Crippen LogP contribution in [0.2, 0.25) is 0 Å². The van der Waals surface area contributed by atoms with Gasteiger partial charge in [-0.05, 0) is 44.4 Å². The molecule has 0 bridgehead atoms. The third-order valence-electron chi connectivity index (χ3n) is 5.93. The maximum atomic E-state index is 12.9. The van der Waals surface area contributed by atoms with E-state index in [2.05, 4.69) is 10.2 Å². The van der Waals surface area contributed by atoms with Gasteiger partial charge < -0.3 is 15.3 Å². The fourth-order valence-corrected chi connectivity index (χ4v) is 4.38. The molecule has 2 N–H and O–H groups in total. The number of benzene rings is 1. The van der Waals surface area contributed by atoms with Gasteiger partial charge in [0.2, 0.25) is 11.8 Å². The van der Waals surface area contributed by atoms with E-state index in [1.54, 1.807) is 0 Å². The Morgan fingerprint density at radius 2 is 1.87 bits per heavy atom. The summed E-state index contributed by atoms with van der Waals surface area (Å²) in [5.74, 6) is -3.01. The third-order valence-corrected chi connectivity index (χ3v) is 5.93. The molecule has 2 atom stereocenters. The number of amides is 2. The molecule has 0 spiro atoms. The minimum Gasteiger partial charge on any atom is -0.475 e. The van der Waals surface area contributed by atoms with Crippen LogP contribution in [0.1, 0.15) is 42.7 Å². The van der Waals surface area contributed by atoms with Crippen LogP contribution in [0.3, 0.4) is 0 Å². The Kier molecular flexibility index (Phi) is 6.88. The molecule has 2 amide bonds. The lowest BCUT2D eigenvalue weighted by atomic mass is 9.95. The van der Waals surface area contributed by atoms with Crippen LogP contribution in [0.4, 0.5) is 18.9 Å². The summed E-state index contributed by atoms with van der Waals surface area (Å²) in [7, 11) is 0. The predicted octanol–water partition coefficient (Wildman–Crippen LogP) is 2.75. The fraction of sp³-hybridized carbons (Fsp3) is 0.571. The van der Waals surface area contributed by atoms with Gasteiger partial charge >= 0.3 is 12.1 Å². The molecule has 7 nitrogen and oxygen atoms in total. The highest BCUT2D eigenvalue weighted by Gasteiger charge is 2.38. The second-order valence-electron chi connectivity index (χ2n) is 8.16. The van der Waals surface area contributed by atoms with Crippen molar-refractivity contribution >= 4 is 23.5 Å². The summed E-state index contributed by atoms with van der Waals surface area (Å²) in [5, 5.41) is 10.0. The van der Waals surface area contributed by atoms with Crippen LogP contribution < -0.4 is 5.32 Å². The molecule has 3 aliphatic rings. The number of nitrogens with zero attached hydrogens (tertiary/aromatic N) is 2. The number of carbonyl (C=O) groups excluding carboxylic acids is 2. The lowest BCUT2D eigenvalue weighted by Gasteiger charge is -2.26. The Bertz CT molecular complexity index is 859. The van der Waals surface area contributed by atoms with Gasteiger partial charge in [-0.25, -0.2) is 4.79 Å². The lowest BCUT2D eigenvalue weighted by Crippen LogP contribution is -2.40. The number of carbonyl (C=O) groups is 3. The van der Waals surface area contributed by atoms with Gasteiger partial charge in [0, 0.05) is 37.8 Å². The number of aryl methyl sites for hydroxylation is 1. The van der Waals surface area contributed by atoms with Gasteiger partial charge in [-0.2, -0.15) is 13.2 Å². The molecule has 0 radical (unpaired) electrons. The molecule has 0 saturated carbocycles. The Morgan fingerprint density at radius 3 is 2.55 bits per heavy atom. The Morgan fingerprint density at radius 1 is 1.19 bits per heavy atom. The largest absolute Gasteiger partial charge is 0.490 e. The summed E-state index contributed by atoms with van der Waals surface area (Å²) in [6.07, 6.45) is -1.33. The van der Waals surface area contributed by atoms with Crippen molar-refractivity contribution in [2.24, 2.45) is 0 Å². The van der Waals surface area contributed by atoms with Crippen molar-refractivity contribution in [1.82, 2.24) is 9.80 Å². The number of fused-ring (bicyclic) bond motifs is 2. The molecular formula is C21H26F3N3O4. The van der Waals surface area contributed by atoms with Crippen molar-refractivity contribution in [3.8, 4) is 0 Å². The van der Waals surface area contributed by atoms with E-state index in [0.29, 0.717) is 6.04 Å². The van der Waals surface area contributed by atoms with Crippen molar-refractivity contribution < 1.29 is 32.7 Å². The quantitative estimate of drug-likeness (QED) is 0.737. The molecule has 3 aliphatic heterocycles. The maximum Gasteiger partial charge on any atom is 0.490 e. The summed E-state index contributed by atoms with van der Waals surface area (Å²) < 4.78 is 31.7. The second-order valence-corrected chi connectivity index (χ2v) is 8.16. The van der Waals surface area contributed by atoms with E-state index in [0.717, 1.165) is 42.9 Å². The first-order valence-electron chi connectivity index (χ1n) is 10.3. The van der Waals surface area contributed by atoms with Crippen molar-refractivity contribution in [3.05, 3.63) is 29.3 Å². The molecular weight excluding hydrogens is 415 g/mol. The molecule has 2 fully saturated rings. The van der Waals surface area contributed by atoms with E-state index in [9.17, 15) is 22.8 Å². The molecule has 2 saturated heterocycles. The van der Waals surface area contributed by atoms with E-state index >= 15 is 0 Å². The smallest absolute Gasteiger partial charge is 0.475 e. The zero-order chi connectivity index (χ0) is 22.8. The van der Waals surface area contributed by atoms with Gasteiger partial charge in [0.1, 0.15) is 0 Å². The van der Waals surface area contributed by atoms with Crippen molar-refractivity contribution in [2.75, 3.05) is 31.5 Å². The average molecular weight is 441 g/mol. The highest BCUT2D eigenvalue weighted by atomic mass is 19.4. The molecule has 1 aromatic carbocycles. The molecule has 4 rings (SSSR count). The van der Waals surface area contributed by atoms with Crippen LogP contribution in [-0.4, -0.2) is 71.1 Å². The number of aliphatic carboxylic acids is 1. The minimum atomic E-state index is -5.08. The van der Waals surface area contributed by atoms with Gasteiger partial charge in [-0.15, -0.1) is 0 Å². The molecule has 10 heteroatoms. The van der Waals surface area contributed by atoms with Gasteiger partial charge in [-0.3, -0.25) is 14.5 Å². The highest BCUT2D eigenvalue weighted by Crippen LogP contribution is 2.36. The predicted molar refractivity (Wildman–Crippen MR) is 107 cm³/mol. The van der Waals surface area contributed by atoms with Crippen LogP contribution in [0.25, 0.3) is 0 Å². The highest BCUT2D eigenvalue weighted by molar-refractivity contribution is 6.05. The normalized spacial score (nSPS) is 23.2. The van der Waals surface area contributed by atoms with Crippen LogP contribution in [0, 0.1) is 6.92 Å². The summed E-state index contributed by atoms with van der Waals surface area (Å²) >= 11 is 0. The number of halogens is 3. The number of carboxylic acid groups (broad SMARTS) is 1. The van der Waals surface area contributed by atoms with Crippen LogP contribution in [0.15, 0.2) is 18.2 Å². The first-order chi connectivity index (χ1) is 14.6. The van der Waals surface area contributed by atoms with Crippen molar-refractivity contribution in [1.29, 1.82) is 0 Å². The SMILES string of the molecule is Cc1ccc2c(c1)C(CC(=O)N1CCCN3CCCC3C1)C(=O)N2.O=C(O)C(F)(F)F.